The van der Waals surface area contributed by atoms with Crippen molar-refractivity contribution >= 4 is 38.9 Å². The number of rotatable bonds is 5. The van der Waals surface area contributed by atoms with Gasteiger partial charge in [-0.1, -0.05) is 29.3 Å². The van der Waals surface area contributed by atoms with Gasteiger partial charge in [0.05, 0.1) is 21.3 Å². The summed E-state index contributed by atoms with van der Waals surface area (Å²) in [5, 5.41) is 1.69. The number of alkyl halides is 3. The SMILES string of the molecule is Cc1[nH]c(C(Nc2cc(C(F)(F)F)c(Cl)cn2)c2ccc(F)c(Cl)c2)nc1S(C)(=O)=O. The molecule has 0 radical (unpaired) electrons. The number of imidazole rings is 1. The van der Waals surface area contributed by atoms with Gasteiger partial charge in [0.25, 0.3) is 0 Å². The minimum Gasteiger partial charge on any atom is -0.356 e. The lowest BCUT2D eigenvalue weighted by Gasteiger charge is -2.19. The Morgan fingerprint density at radius 1 is 1.16 bits per heavy atom. The van der Waals surface area contributed by atoms with Gasteiger partial charge in [0, 0.05) is 12.5 Å². The molecule has 6 nitrogen and oxygen atoms in total. The first-order valence-electron chi connectivity index (χ1n) is 8.48. The maximum Gasteiger partial charge on any atom is 0.418 e. The van der Waals surface area contributed by atoms with Crippen molar-refractivity contribution in [3.05, 3.63) is 69.0 Å². The van der Waals surface area contributed by atoms with E-state index in [1.165, 1.54) is 19.1 Å². The number of benzene rings is 1. The zero-order valence-electron chi connectivity index (χ0n) is 15.9. The van der Waals surface area contributed by atoms with E-state index in [-0.39, 0.29) is 27.4 Å². The number of hydrogen-bond acceptors (Lipinski definition) is 5. The van der Waals surface area contributed by atoms with Crippen LogP contribution >= 0.6 is 23.2 Å². The van der Waals surface area contributed by atoms with Crippen molar-refractivity contribution in [2.75, 3.05) is 11.6 Å². The highest BCUT2D eigenvalue weighted by molar-refractivity contribution is 7.90. The van der Waals surface area contributed by atoms with Crippen LogP contribution in [0.5, 0.6) is 0 Å². The Hall–Kier alpha value is -2.37. The molecule has 3 aromatic rings. The summed E-state index contributed by atoms with van der Waals surface area (Å²) in [6, 6.07) is 3.30. The number of H-pyrrole nitrogens is 1. The van der Waals surface area contributed by atoms with Gasteiger partial charge in [-0.2, -0.15) is 13.2 Å². The molecular weight excluding hydrogens is 483 g/mol. The van der Waals surface area contributed by atoms with Crippen molar-refractivity contribution in [1.82, 2.24) is 15.0 Å². The van der Waals surface area contributed by atoms with E-state index in [0.717, 1.165) is 18.5 Å². The van der Waals surface area contributed by atoms with Crippen molar-refractivity contribution < 1.29 is 26.0 Å². The van der Waals surface area contributed by atoms with E-state index in [1.54, 1.807) is 0 Å². The Morgan fingerprint density at radius 2 is 1.84 bits per heavy atom. The molecule has 0 bridgehead atoms. The number of aromatic amines is 1. The molecule has 1 unspecified atom stereocenters. The average molecular weight is 497 g/mol. The van der Waals surface area contributed by atoms with E-state index in [2.05, 4.69) is 20.3 Å². The number of pyridine rings is 1. The van der Waals surface area contributed by atoms with Gasteiger partial charge in [-0.05, 0) is 30.7 Å². The van der Waals surface area contributed by atoms with Crippen molar-refractivity contribution in [3.8, 4) is 0 Å². The highest BCUT2D eigenvalue weighted by Crippen LogP contribution is 2.36. The second-order valence-electron chi connectivity index (χ2n) is 6.62. The fourth-order valence-electron chi connectivity index (χ4n) is 2.85. The number of nitrogens with zero attached hydrogens (tertiary/aromatic N) is 2. The predicted octanol–water partition coefficient (Wildman–Crippen LogP) is 5.18. The van der Waals surface area contributed by atoms with Gasteiger partial charge < -0.3 is 10.3 Å². The summed E-state index contributed by atoms with van der Waals surface area (Å²) in [6.45, 7) is 1.48. The normalized spacial score (nSPS) is 13.3. The summed E-state index contributed by atoms with van der Waals surface area (Å²) in [4.78, 5) is 10.7. The maximum atomic E-state index is 13.6. The van der Waals surface area contributed by atoms with Crippen LogP contribution in [0.2, 0.25) is 10.0 Å². The monoisotopic (exact) mass is 496 g/mol. The molecule has 0 aliphatic heterocycles. The van der Waals surface area contributed by atoms with E-state index in [4.69, 9.17) is 23.2 Å². The molecule has 1 atom stereocenters. The van der Waals surface area contributed by atoms with E-state index in [1.807, 2.05) is 0 Å². The summed E-state index contributed by atoms with van der Waals surface area (Å²) in [6.07, 6.45) is -2.93. The molecule has 2 aromatic heterocycles. The number of aryl methyl sites for hydroxylation is 1. The van der Waals surface area contributed by atoms with Crippen molar-refractivity contribution in [2.45, 2.75) is 24.2 Å². The Balaban J connectivity index is 2.13. The van der Waals surface area contributed by atoms with E-state index >= 15 is 0 Å². The number of nitrogens with one attached hydrogen (secondary N) is 2. The third-order valence-corrected chi connectivity index (χ3v) is 5.90. The van der Waals surface area contributed by atoms with Gasteiger partial charge in [0.2, 0.25) is 0 Å². The molecule has 0 amide bonds. The summed E-state index contributed by atoms with van der Waals surface area (Å²) in [5.41, 5.74) is -0.599. The third kappa shape index (κ3) is 5.10. The van der Waals surface area contributed by atoms with Crippen LogP contribution in [0.4, 0.5) is 23.4 Å². The predicted molar refractivity (Wildman–Crippen MR) is 108 cm³/mol. The van der Waals surface area contributed by atoms with Gasteiger partial charge in [0.1, 0.15) is 23.5 Å². The Bertz CT molecular complexity index is 1250. The topological polar surface area (TPSA) is 87.7 Å². The van der Waals surface area contributed by atoms with Gasteiger partial charge >= 0.3 is 6.18 Å². The molecule has 0 saturated heterocycles. The first-order chi connectivity index (χ1) is 14.3. The fraction of sp³-hybridized carbons (Fsp3) is 0.222. The minimum atomic E-state index is -4.73. The Morgan fingerprint density at radius 3 is 2.39 bits per heavy atom. The standard InChI is InChI=1S/C18H14Cl2F4N4O2S/c1-8-17(31(2,29)30)28-16(26-8)15(9-3-4-13(21)11(19)5-9)27-14-6-10(18(22,23)24)12(20)7-25-14/h3-7,15H,1-2H3,(H,25,27)(H,26,28). The van der Waals surface area contributed by atoms with Gasteiger partial charge in [-0.25, -0.2) is 22.8 Å². The first-order valence-corrected chi connectivity index (χ1v) is 11.1. The van der Waals surface area contributed by atoms with Crippen molar-refractivity contribution in [2.24, 2.45) is 0 Å². The zero-order chi connectivity index (χ0) is 23.1. The minimum absolute atomic E-state index is 0.0471. The smallest absolute Gasteiger partial charge is 0.356 e. The summed E-state index contributed by atoms with van der Waals surface area (Å²) in [5.74, 6) is -0.886. The molecule has 2 N–H and O–H groups in total. The lowest BCUT2D eigenvalue weighted by Crippen LogP contribution is -2.16. The Kier molecular flexibility index (Phi) is 6.23. The molecule has 0 saturated carbocycles. The molecule has 0 aliphatic carbocycles. The molecule has 0 spiro atoms. The molecule has 3 rings (SSSR count). The van der Waals surface area contributed by atoms with E-state index in [9.17, 15) is 26.0 Å². The van der Waals surface area contributed by atoms with Crippen LogP contribution in [0.15, 0.2) is 35.5 Å². The van der Waals surface area contributed by atoms with Crippen LogP contribution in [0.1, 0.15) is 28.7 Å². The van der Waals surface area contributed by atoms with E-state index < -0.39 is 38.5 Å². The largest absolute Gasteiger partial charge is 0.418 e. The highest BCUT2D eigenvalue weighted by atomic mass is 35.5. The van der Waals surface area contributed by atoms with Crippen LogP contribution < -0.4 is 5.32 Å². The van der Waals surface area contributed by atoms with Crippen LogP contribution in [0.3, 0.4) is 0 Å². The fourth-order valence-corrected chi connectivity index (χ4v) is 4.12. The quantitative estimate of drug-likeness (QED) is 0.475. The number of sulfone groups is 1. The van der Waals surface area contributed by atoms with Crippen LogP contribution in [-0.2, 0) is 16.0 Å². The second kappa shape index (κ2) is 8.29. The molecule has 1 aromatic carbocycles. The van der Waals surface area contributed by atoms with Gasteiger partial charge in [-0.3, -0.25) is 0 Å². The molecular formula is C18H14Cl2F4N4O2S. The number of halogens is 6. The highest BCUT2D eigenvalue weighted by Gasteiger charge is 2.34. The third-order valence-electron chi connectivity index (χ3n) is 4.21. The van der Waals surface area contributed by atoms with Crippen LogP contribution in [0.25, 0.3) is 0 Å². The number of hydrogen-bond donors (Lipinski definition) is 2. The van der Waals surface area contributed by atoms with Gasteiger partial charge in [0.15, 0.2) is 14.9 Å². The van der Waals surface area contributed by atoms with Gasteiger partial charge in [-0.15, -0.1) is 0 Å². The first kappa shape index (κ1) is 23.3. The zero-order valence-corrected chi connectivity index (χ0v) is 18.2. The van der Waals surface area contributed by atoms with Crippen LogP contribution in [0, 0.1) is 12.7 Å². The lowest BCUT2D eigenvalue weighted by molar-refractivity contribution is -0.137. The maximum absolute atomic E-state index is 13.6. The Labute approximate surface area is 184 Å². The molecule has 166 valence electrons. The van der Waals surface area contributed by atoms with Crippen molar-refractivity contribution in [1.29, 1.82) is 0 Å². The molecule has 0 fully saturated rings. The summed E-state index contributed by atoms with van der Waals surface area (Å²) < 4.78 is 77.2. The number of aromatic nitrogens is 3. The molecule has 31 heavy (non-hydrogen) atoms. The second-order valence-corrected chi connectivity index (χ2v) is 9.37. The van der Waals surface area contributed by atoms with Crippen LogP contribution in [-0.4, -0.2) is 29.6 Å². The molecule has 0 aliphatic rings. The molecule has 2 heterocycles. The summed E-state index contributed by atoms with van der Waals surface area (Å²) in [7, 11) is -3.69. The lowest BCUT2D eigenvalue weighted by atomic mass is 10.1. The summed E-state index contributed by atoms with van der Waals surface area (Å²) >= 11 is 11.5. The molecule has 13 heteroatoms. The number of anilines is 1. The van der Waals surface area contributed by atoms with Crippen molar-refractivity contribution in [3.63, 3.8) is 0 Å². The van der Waals surface area contributed by atoms with E-state index in [0.29, 0.717) is 11.6 Å². The average Bonchev–Trinajstić information content (AvgIpc) is 3.04.